The van der Waals surface area contributed by atoms with Crippen molar-refractivity contribution in [3.63, 3.8) is 0 Å². The summed E-state index contributed by atoms with van der Waals surface area (Å²) in [5.74, 6) is -0.402. The van der Waals surface area contributed by atoms with Gasteiger partial charge in [-0.05, 0) is 56.5 Å². The SMILES string of the molecule is Cc1cc(F)cc(C)c1S(=O)(=O)N(C)C1CCCNC1. The minimum absolute atomic E-state index is 0.0439. The van der Waals surface area contributed by atoms with Crippen LogP contribution in [0.1, 0.15) is 24.0 Å². The number of hydrogen-bond acceptors (Lipinski definition) is 3. The number of halogens is 1. The first kappa shape index (κ1) is 15.4. The summed E-state index contributed by atoms with van der Waals surface area (Å²) in [5, 5.41) is 3.21. The van der Waals surface area contributed by atoms with E-state index in [0.717, 1.165) is 19.4 Å². The fraction of sp³-hybridized carbons (Fsp3) is 0.571. The summed E-state index contributed by atoms with van der Waals surface area (Å²) in [7, 11) is -1.98. The summed E-state index contributed by atoms with van der Waals surface area (Å²) in [6, 6.07) is 2.50. The maximum absolute atomic E-state index is 13.3. The lowest BCUT2D eigenvalue weighted by molar-refractivity contribution is 0.300. The van der Waals surface area contributed by atoms with Crippen LogP contribution in [0.15, 0.2) is 17.0 Å². The van der Waals surface area contributed by atoms with Crippen molar-refractivity contribution in [2.24, 2.45) is 0 Å². The highest BCUT2D eigenvalue weighted by Crippen LogP contribution is 2.26. The first-order valence-corrected chi connectivity index (χ1v) is 8.23. The maximum atomic E-state index is 13.3. The molecule has 1 aliphatic heterocycles. The van der Waals surface area contributed by atoms with Gasteiger partial charge in [0.25, 0.3) is 0 Å². The molecule has 0 bridgehead atoms. The van der Waals surface area contributed by atoms with Crippen LogP contribution in [0.2, 0.25) is 0 Å². The Morgan fingerprint density at radius 3 is 2.40 bits per heavy atom. The molecule has 0 aliphatic carbocycles. The van der Waals surface area contributed by atoms with Crippen molar-refractivity contribution in [3.05, 3.63) is 29.1 Å². The normalized spacial score (nSPS) is 20.4. The van der Waals surface area contributed by atoms with Crippen molar-refractivity contribution in [3.8, 4) is 0 Å². The molecular formula is C14H21FN2O2S. The summed E-state index contributed by atoms with van der Waals surface area (Å²) in [6.45, 7) is 4.86. The van der Waals surface area contributed by atoms with Gasteiger partial charge in [-0.1, -0.05) is 0 Å². The Morgan fingerprint density at radius 2 is 1.90 bits per heavy atom. The third kappa shape index (κ3) is 2.87. The van der Waals surface area contributed by atoms with E-state index in [4.69, 9.17) is 0 Å². The summed E-state index contributed by atoms with van der Waals surface area (Å²) < 4.78 is 40.3. The molecule has 2 rings (SSSR count). The van der Waals surface area contributed by atoms with E-state index in [1.54, 1.807) is 20.9 Å². The van der Waals surface area contributed by atoms with Crippen molar-refractivity contribution in [2.75, 3.05) is 20.1 Å². The largest absolute Gasteiger partial charge is 0.315 e. The van der Waals surface area contributed by atoms with Crippen LogP contribution in [0.4, 0.5) is 4.39 Å². The molecule has 1 atom stereocenters. The Hall–Kier alpha value is -0.980. The minimum Gasteiger partial charge on any atom is -0.315 e. The number of hydrogen-bond donors (Lipinski definition) is 1. The number of nitrogens with zero attached hydrogens (tertiary/aromatic N) is 1. The van der Waals surface area contributed by atoms with Crippen molar-refractivity contribution in [2.45, 2.75) is 37.6 Å². The molecule has 1 N–H and O–H groups in total. The Kier molecular flexibility index (Phi) is 4.46. The van der Waals surface area contributed by atoms with Crippen LogP contribution in [0.25, 0.3) is 0 Å². The Bertz CT molecular complexity index is 572. The summed E-state index contributed by atoms with van der Waals surface area (Å²) in [4.78, 5) is 0.229. The molecule has 0 radical (unpaired) electrons. The van der Waals surface area contributed by atoms with Crippen LogP contribution in [-0.4, -0.2) is 38.9 Å². The minimum atomic E-state index is -3.59. The quantitative estimate of drug-likeness (QED) is 0.926. The van der Waals surface area contributed by atoms with Crippen molar-refractivity contribution >= 4 is 10.0 Å². The van der Waals surface area contributed by atoms with Crippen LogP contribution in [0, 0.1) is 19.7 Å². The van der Waals surface area contributed by atoms with Gasteiger partial charge in [0.2, 0.25) is 10.0 Å². The van der Waals surface area contributed by atoms with Crippen molar-refractivity contribution in [1.29, 1.82) is 0 Å². The van der Waals surface area contributed by atoms with Crippen LogP contribution < -0.4 is 5.32 Å². The number of benzene rings is 1. The topological polar surface area (TPSA) is 49.4 Å². The number of nitrogens with one attached hydrogen (secondary N) is 1. The first-order chi connectivity index (χ1) is 9.34. The third-order valence-electron chi connectivity index (χ3n) is 3.85. The summed E-state index contributed by atoms with van der Waals surface area (Å²) >= 11 is 0. The van der Waals surface area contributed by atoms with Crippen molar-refractivity contribution in [1.82, 2.24) is 9.62 Å². The number of sulfonamides is 1. The average molecular weight is 300 g/mol. The lowest BCUT2D eigenvalue weighted by Crippen LogP contribution is -2.46. The standard InChI is InChI=1S/C14H21FN2O2S/c1-10-7-12(15)8-11(2)14(10)20(18,19)17(3)13-5-4-6-16-9-13/h7-8,13,16H,4-6,9H2,1-3H3. The van der Waals surface area contributed by atoms with E-state index in [0.29, 0.717) is 17.7 Å². The van der Waals surface area contributed by atoms with Gasteiger partial charge in [-0.15, -0.1) is 0 Å². The van der Waals surface area contributed by atoms with Gasteiger partial charge in [-0.25, -0.2) is 12.8 Å². The van der Waals surface area contributed by atoms with Gasteiger partial charge in [0.15, 0.2) is 0 Å². The molecule has 1 saturated heterocycles. The highest BCUT2D eigenvalue weighted by atomic mass is 32.2. The smallest absolute Gasteiger partial charge is 0.243 e. The molecule has 20 heavy (non-hydrogen) atoms. The number of likely N-dealkylation sites (N-methyl/N-ethyl adjacent to an activating group) is 1. The lowest BCUT2D eigenvalue weighted by atomic mass is 10.1. The van der Waals surface area contributed by atoms with Gasteiger partial charge in [-0.3, -0.25) is 0 Å². The number of piperidine rings is 1. The molecule has 0 aromatic heterocycles. The van der Waals surface area contributed by atoms with E-state index in [1.165, 1.54) is 16.4 Å². The van der Waals surface area contributed by atoms with Gasteiger partial charge in [0, 0.05) is 19.6 Å². The Morgan fingerprint density at radius 1 is 1.30 bits per heavy atom. The zero-order valence-corrected chi connectivity index (χ0v) is 12.9. The molecule has 6 heteroatoms. The van der Waals surface area contributed by atoms with E-state index >= 15 is 0 Å². The van der Waals surface area contributed by atoms with Crippen LogP contribution in [-0.2, 0) is 10.0 Å². The predicted octanol–water partition coefficient (Wildman–Crippen LogP) is 1.82. The molecule has 112 valence electrons. The molecule has 1 unspecified atom stereocenters. The van der Waals surface area contributed by atoms with E-state index < -0.39 is 15.8 Å². The van der Waals surface area contributed by atoms with Gasteiger partial charge in [0.1, 0.15) is 5.82 Å². The second-order valence-electron chi connectivity index (χ2n) is 5.39. The van der Waals surface area contributed by atoms with E-state index in [-0.39, 0.29) is 10.9 Å². The molecule has 1 aromatic rings. The van der Waals surface area contributed by atoms with E-state index in [9.17, 15) is 12.8 Å². The summed E-state index contributed by atoms with van der Waals surface area (Å²) in [6.07, 6.45) is 1.81. The fourth-order valence-electron chi connectivity index (χ4n) is 2.79. The second-order valence-corrected chi connectivity index (χ2v) is 7.32. The zero-order chi connectivity index (χ0) is 14.9. The second kappa shape index (κ2) is 5.79. The fourth-order valence-corrected chi connectivity index (χ4v) is 4.58. The highest BCUT2D eigenvalue weighted by Gasteiger charge is 2.31. The van der Waals surface area contributed by atoms with E-state index in [2.05, 4.69) is 5.32 Å². The van der Waals surface area contributed by atoms with E-state index in [1.807, 2.05) is 0 Å². The van der Waals surface area contributed by atoms with Crippen LogP contribution in [0.3, 0.4) is 0 Å². The molecule has 1 aliphatic rings. The summed E-state index contributed by atoms with van der Waals surface area (Å²) in [5.41, 5.74) is 0.913. The molecule has 1 heterocycles. The molecule has 1 fully saturated rings. The van der Waals surface area contributed by atoms with Crippen LogP contribution in [0.5, 0.6) is 0 Å². The maximum Gasteiger partial charge on any atom is 0.243 e. The number of rotatable bonds is 3. The Labute approximate surface area is 120 Å². The zero-order valence-electron chi connectivity index (χ0n) is 12.1. The molecule has 4 nitrogen and oxygen atoms in total. The molecule has 0 amide bonds. The predicted molar refractivity (Wildman–Crippen MR) is 76.7 cm³/mol. The number of aryl methyl sites for hydroxylation is 2. The molecule has 0 spiro atoms. The molecular weight excluding hydrogens is 279 g/mol. The third-order valence-corrected chi connectivity index (χ3v) is 6.06. The lowest BCUT2D eigenvalue weighted by Gasteiger charge is -2.31. The van der Waals surface area contributed by atoms with Gasteiger partial charge in [-0.2, -0.15) is 4.31 Å². The van der Waals surface area contributed by atoms with Gasteiger partial charge in [0.05, 0.1) is 4.90 Å². The van der Waals surface area contributed by atoms with Crippen molar-refractivity contribution < 1.29 is 12.8 Å². The van der Waals surface area contributed by atoms with Gasteiger partial charge < -0.3 is 5.32 Å². The monoisotopic (exact) mass is 300 g/mol. The molecule has 0 saturated carbocycles. The first-order valence-electron chi connectivity index (χ1n) is 6.79. The van der Waals surface area contributed by atoms with Gasteiger partial charge >= 0.3 is 0 Å². The average Bonchev–Trinajstić information content (AvgIpc) is 2.37. The Balaban J connectivity index is 2.39. The molecule has 1 aromatic carbocycles. The highest BCUT2D eigenvalue weighted by molar-refractivity contribution is 7.89. The van der Waals surface area contributed by atoms with Crippen LogP contribution >= 0.6 is 0 Å².